The van der Waals surface area contributed by atoms with Crippen molar-refractivity contribution in [2.75, 3.05) is 13.7 Å². The second-order valence-electron chi connectivity index (χ2n) is 2.83. The van der Waals surface area contributed by atoms with Crippen LogP contribution in [0.25, 0.3) is 10.4 Å². The number of methoxy groups -OCH3 is 1. The van der Waals surface area contributed by atoms with Crippen LogP contribution in [0.3, 0.4) is 0 Å². The molecule has 0 amide bonds. The maximum absolute atomic E-state index is 13.2. The molecule has 0 radical (unpaired) electrons. The van der Waals surface area contributed by atoms with E-state index in [2.05, 4.69) is 21.9 Å². The molecule has 0 bridgehead atoms. The van der Waals surface area contributed by atoms with Crippen molar-refractivity contribution in [2.24, 2.45) is 5.11 Å². The smallest absolute Gasteiger partial charge is 0.170 e. The molecule has 82 valence electrons. The summed E-state index contributed by atoms with van der Waals surface area (Å²) in [4.78, 5) is 2.60. The molecule has 16 heavy (non-hydrogen) atoms. The maximum Gasteiger partial charge on any atom is 0.170 e. The van der Waals surface area contributed by atoms with Gasteiger partial charge in [0.05, 0.1) is 12.7 Å². The lowest BCUT2D eigenvalue weighted by Crippen LogP contribution is -1.91. The normalized spacial score (nSPS) is 8.62. The van der Waals surface area contributed by atoms with Gasteiger partial charge in [0.15, 0.2) is 11.6 Å². The molecule has 0 unspecified atom stereocenters. The van der Waals surface area contributed by atoms with E-state index >= 15 is 0 Å². The van der Waals surface area contributed by atoms with Crippen LogP contribution < -0.4 is 4.74 Å². The maximum atomic E-state index is 13.2. The van der Waals surface area contributed by atoms with Crippen LogP contribution in [0, 0.1) is 17.7 Å². The van der Waals surface area contributed by atoms with E-state index in [0.717, 1.165) is 0 Å². The van der Waals surface area contributed by atoms with Crippen LogP contribution in [0.5, 0.6) is 5.75 Å². The number of nitrogens with zero attached hydrogens (tertiary/aromatic N) is 3. The first-order chi connectivity index (χ1) is 7.79. The van der Waals surface area contributed by atoms with Gasteiger partial charge in [-0.3, -0.25) is 0 Å². The first-order valence-corrected chi connectivity index (χ1v) is 4.62. The number of ether oxygens (including phenoxy) is 1. The Kier molecular flexibility index (Phi) is 4.71. The fourth-order valence-corrected chi connectivity index (χ4v) is 1.12. The summed E-state index contributed by atoms with van der Waals surface area (Å²) < 4.78 is 18.1. The molecule has 0 heterocycles. The molecule has 1 aromatic rings. The predicted octanol–water partition coefficient (Wildman–Crippen LogP) is 2.89. The van der Waals surface area contributed by atoms with Crippen molar-refractivity contribution in [1.82, 2.24) is 0 Å². The summed E-state index contributed by atoms with van der Waals surface area (Å²) in [5.74, 6) is 5.24. The highest BCUT2D eigenvalue weighted by Crippen LogP contribution is 2.20. The van der Waals surface area contributed by atoms with E-state index in [9.17, 15) is 4.39 Å². The van der Waals surface area contributed by atoms with Crippen molar-refractivity contribution < 1.29 is 9.13 Å². The third-order valence-corrected chi connectivity index (χ3v) is 1.79. The van der Waals surface area contributed by atoms with Gasteiger partial charge in [0.25, 0.3) is 0 Å². The first kappa shape index (κ1) is 11.9. The fourth-order valence-electron chi connectivity index (χ4n) is 1.12. The van der Waals surface area contributed by atoms with Gasteiger partial charge < -0.3 is 4.74 Å². The van der Waals surface area contributed by atoms with E-state index < -0.39 is 5.82 Å². The van der Waals surface area contributed by atoms with E-state index in [1.807, 2.05) is 0 Å². The third kappa shape index (κ3) is 3.19. The van der Waals surface area contributed by atoms with Crippen LogP contribution in [0.15, 0.2) is 23.3 Å². The number of halogens is 1. The van der Waals surface area contributed by atoms with Gasteiger partial charge in [-0.2, -0.15) is 0 Å². The Morgan fingerprint density at radius 3 is 3.06 bits per heavy atom. The van der Waals surface area contributed by atoms with Crippen LogP contribution in [-0.4, -0.2) is 13.7 Å². The van der Waals surface area contributed by atoms with E-state index in [1.165, 1.54) is 13.2 Å². The van der Waals surface area contributed by atoms with Crippen LogP contribution >= 0.6 is 0 Å². The lowest BCUT2D eigenvalue weighted by atomic mass is 10.2. The van der Waals surface area contributed by atoms with Crippen molar-refractivity contribution in [3.63, 3.8) is 0 Å². The molecule has 0 aliphatic heterocycles. The van der Waals surface area contributed by atoms with Gasteiger partial charge >= 0.3 is 0 Å². The molecule has 0 aliphatic rings. The second-order valence-corrected chi connectivity index (χ2v) is 2.83. The van der Waals surface area contributed by atoms with E-state index in [4.69, 9.17) is 10.3 Å². The summed E-state index contributed by atoms with van der Waals surface area (Å²) in [5.41, 5.74) is 8.53. The van der Waals surface area contributed by atoms with Crippen LogP contribution in [0.4, 0.5) is 4.39 Å². The molecule has 0 aliphatic carbocycles. The Morgan fingerprint density at radius 1 is 1.56 bits per heavy atom. The highest BCUT2D eigenvalue weighted by Gasteiger charge is 2.05. The highest BCUT2D eigenvalue weighted by atomic mass is 19.1. The zero-order valence-electron chi connectivity index (χ0n) is 8.77. The van der Waals surface area contributed by atoms with Crippen LogP contribution in [0.2, 0.25) is 0 Å². The quantitative estimate of drug-likeness (QED) is 0.253. The molecular weight excluding hydrogens is 209 g/mol. The van der Waals surface area contributed by atoms with Gasteiger partial charge in [0.1, 0.15) is 0 Å². The molecule has 1 rings (SSSR count). The molecule has 0 N–H and O–H groups in total. The Labute approximate surface area is 92.7 Å². The summed E-state index contributed by atoms with van der Waals surface area (Å²) in [5, 5.41) is 3.34. The molecule has 0 atom stereocenters. The Balaban J connectivity index is 2.80. The Morgan fingerprint density at radius 2 is 2.38 bits per heavy atom. The minimum Gasteiger partial charge on any atom is -0.492 e. The second kappa shape index (κ2) is 6.33. The van der Waals surface area contributed by atoms with E-state index in [-0.39, 0.29) is 5.75 Å². The Hall–Kier alpha value is -2.18. The van der Waals surface area contributed by atoms with Crippen LogP contribution in [-0.2, 0) is 0 Å². The number of azide groups is 1. The summed E-state index contributed by atoms with van der Waals surface area (Å²) in [7, 11) is 1.39. The van der Waals surface area contributed by atoms with Crippen molar-refractivity contribution >= 4 is 0 Å². The third-order valence-electron chi connectivity index (χ3n) is 1.79. The molecule has 0 saturated heterocycles. The summed E-state index contributed by atoms with van der Waals surface area (Å²) in [6.45, 7) is 0.307. The van der Waals surface area contributed by atoms with Crippen molar-refractivity contribution in [3.05, 3.63) is 40.0 Å². The molecule has 0 spiro atoms. The Bertz CT molecular complexity index is 470. The number of rotatable bonds is 3. The highest BCUT2D eigenvalue weighted by molar-refractivity contribution is 5.46. The average molecular weight is 219 g/mol. The monoisotopic (exact) mass is 219 g/mol. The van der Waals surface area contributed by atoms with Gasteiger partial charge in [-0.05, 0) is 17.7 Å². The van der Waals surface area contributed by atoms with Gasteiger partial charge in [0.2, 0.25) is 0 Å². The van der Waals surface area contributed by atoms with Crippen molar-refractivity contribution in [3.8, 4) is 17.6 Å². The number of para-hydroxylation sites is 1. The average Bonchev–Trinajstić information content (AvgIpc) is 2.29. The van der Waals surface area contributed by atoms with E-state index in [0.29, 0.717) is 18.5 Å². The summed E-state index contributed by atoms with van der Waals surface area (Å²) in [6.07, 6.45) is 0.434. The molecule has 0 aromatic heterocycles. The van der Waals surface area contributed by atoms with Gasteiger partial charge in [-0.25, -0.2) is 4.39 Å². The summed E-state index contributed by atoms with van der Waals surface area (Å²) in [6, 6.07) is 4.54. The number of hydrogen-bond acceptors (Lipinski definition) is 2. The lowest BCUT2D eigenvalue weighted by molar-refractivity contribution is 0.385. The van der Waals surface area contributed by atoms with Gasteiger partial charge in [-0.1, -0.05) is 23.0 Å². The van der Waals surface area contributed by atoms with Gasteiger partial charge in [-0.15, -0.1) is 0 Å². The predicted molar refractivity (Wildman–Crippen MR) is 58.5 cm³/mol. The minimum absolute atomic E-state index is 0.138. The number of benzene rings is 1. The number of hydrogen-bond donors (Lipinski definition) is 0. The molecule has 0 saturated carbocycles. The van der Waals surface area contributed by atoms with E-state index in [1.54, 1.807) is 12.1 Å². The summed E-state index contributed by atoms with van der Waals surface area (Å²) >= 11 is 0. The largest absolute Gasteiger partial charge is 0.492 e. The molecule has 0 fully saturated rings. The molecule has 1 aromatic carbocycles. The molecule has 5 heteroatoms. The van der Waals surface area contributed by atoms with Crippen molar-refractivity contribution in [1.29, 1.82) is 0 Å². The minimum atomic E-state index is -0.440. The molecule has 4 nitrogen and oxygen atoms in total. The fraction of sp³-hybridized carbons (Fsp3) is 0.273. The first-order valence-electron chi connectivity index (χ1n) is 4.62. The van der Waals surface area contributed by atoms with Gasteiger partial charge in [0, 0.05) is 17.9 Å². The lowest BCUT2D eigenvalue weighted by Gasteiger charge is -2.03. The zero-order chi connectivity index (χ0) is 11.8. The molecular formula is C11H10FN3O. The topological polar surface area (TPSA) is 58.0 Å². The van der Waals surface area contributed by atoms with Crippen LogP contribution in [0.1, 0.15) is 12.0 Å². The van der Waals surface area contributed by atoms with Crippen molar-refractivity contribution in [2.45, 2.75) is 6.42 Å². The SMILES string of the molecule is COc1c(F)cccc1C#CCCN=[N+]=[N-]. The standard InChI is InChI=1S/C11H10FN3O/c1-16-11-9(6-4-7-10(11)12)5-2-3-8-14-15-13/h4,6-7H,3,8H2,1H3. The zero-order valence-corrected chi connectivity index (χ0v) is 8.77.